The van der Waals surface area contributed by atoms with Crippen LogP contribution in [0.4, 0.5) is 0 Å². The van der Waals surface area contributed by atoms with E-state index in [1.54, 1.807) is 0 Å². The number of aliphatic hydroxyl groups excluding tert-OH is 1. The number of aromatic nitrogens is 1. The fourth-order valence-electron chi connectivity index (χ4n) is 2.99. The number of aryl methyl sites for hydroxylation is 1. The van der Waals surface area contributed by atoms with E-state index in [9.17, 15) is 5.11 Å². The van der Waals surface area contributed by atoms with Crippen LogP contribution in [0, 0.1) is 5.92 Å². The van der Waals surface area contributed by atoms with Crippen molar-refractivity contribution in [2.45, 2.75) is 18.9 Å². The van der Waals surface area contributed by atoms with Crippen LogP contribution in [-0.4, -0.2) is 35.8 Å². The molecule has 0 bridgehead atoms. The van der Waals surface area contributed by atoms with E-state index in [1.807, 2.05) is 44.4 Å². The van der Waals surface area contributed by atoms with E-state index in [-0.39, 0.29) is 5.92 Å². The average molecular weight is 272 g/mol. The molecule has 1 aliphatic carbocycles. The summed E-state index contributed by atoms with van der Waals surface area (Å²) in [5.74, 6) is 1.07. The fourth-order valence-corrected chi connectivity index (χ4v) is 2.99. The van der Waals surface area contributed by atoms with Crippen LogP contribution in [0.15, 0.2) is 34.9 Å². The van der Waals surface area contributed by atoms with Crippen LogP contribution in [0.3, 0.4) is 0 Å². The molecule has 2 aromatic rings. The highest BCUT2D eigenvalue weighted by Gasteiger charge is 2.34. The third kappa shape index (κ3) is 2.37. The summed E-state index contributed by atoms with van der Waals surface area (Å²) in [4.78, 5) is 2.12. The van der Waals surface area contributed by atoms with E-state index in [2.05, 4.69) is 10.1 Å². The topological polar surface area (TPSA) is 49.5 Å². The minimum Gasteiger partial charge on any atom is -0.388 e. The molecule has 0 spiro atoms. The molecule has 106 valence electrons. The number of aliphatic hydroxyl groups is 1. The van der Waals surface area contributed by atoms with Crippen molar-refractivity contribution < 1.29 is 9.63 Å². The lowest BCUT2D eigenvalue weighted by molar-refractivity contribution is 0.0734. The Labute approximate surface area is 119 Å². The second-order valence-electron chi connectivity index (χ2n) is 5.74. The van der Waals surface area contributed by atoms with Gasteiger partial charge >= 0.3 is 0 Å². The Kier molecular flexibility index (Phi) is 3.59. The molecule has 4 nitrogen and oxygen atoms in total. The molecule has 1 heterocycles. The van der Waals surface area contributed by atoms with E-state index in [0.29, 0.717) is 0 Å². The van der Waals surface area contributed by atoms with Crippen molar-refractivity contribution in [2.75, 3.05) is 20.6 Å². The summed E-state index contributed by atoms with van der Waals surface area (Å²) in [6.07, 6.45) is 1.29. The Morgan fingerprint density at radius 1 is 1.30 bits per heavy atom. The summed E-state index contributed by atoms with van der Waals surface area (Å²) in [5.41, 5.74) is 2.67. The largest absolute Gasteiger partial charge is 0.388 e. The van der Waals surface area contributed by atoms with Crippen molar-refractivity contribution in [1.29, 1.82) is 0 Å². The van der Waals surface area contributed by atoms with E-state index < -0.39 is 6.10 Å². The number of hydrogen-bond acceptors (Lipinski definition) is 4. The second-order valence-corrected chi connectivity index (χ2v) is 5.74. The van der Waals surface area contributed by atoms with Gasteiger partial charge < -0.3 is 14.5 Å². The predicted molar refractivity (Wildman–Crippen MR) is 77.3 cm³/mol. The van der Waals surface area contributed by atoms with Gasteiger partial charge in [0, 0.05) is 24.4 Å². The standard InChI is InChI=1S/C16H20N2O2/c1-18(2)10-12-8-9-13-14(16(12)19)15(17-20-13)11-6-4-3-5-7-11/h3-7,12,16,19H,8-10H2,1-2H3/t12-,16+/m0/s1. The van der Waals surface area contributed by atoms with Crippen LogP contribution < -0.4 is 0 Å². The summed E-state index contributed by atoms with van der Waals surface area (Å²) in [7, 11) is 4.07. The molecule has 1 N–H and O–H groups in total. The SMILES string of the molecule is CN(C)C[C@@H]1CCc2onc(-c3ccccc3)c2[C@@H]1O. The maximum atomic E-state index is 10.7. The number of hydrogen-bond donors (Lipinski definition) is 1. The van der Waals surface area contributed by atoms with Gasteiger partial charge in [0.05, 0.1) is 11.7 Å². The molecule has 3 rings (SSSR count). The third-order valence-electron chi connectivity index (χ3n) is 3.93. The maximum Gasteiger partial charge on any atom is 0.143 e. The molecule has 20 heavy (non-hydrogen) atoms. The lowest BCUT2D eigenvalue weighted by atomic mass is 9.83. The van der Waals surface area contributed by atoms with E-state index in [1.165, 1.54) is 0 Å². The van der Waals surface area contributed by atoms with Crippen molar-refractivity contribution in [1.82, 2.24) is 10.1 Å². The monoisotopic (exact) mass is 272 g/mol. The minimum absolute atomic E-state index is 0.236. The smallest absolute Gasteiger partial charge is 0.143 e. The average Bonchev–Trinajstić information content (AvgIpc) is 2.87. The molecule has 0 fully saturated rings. The zero-order valence-electron chi connectivity index (χ0n) is 11.9. The molecule has 0 aliphatic heterocycles. The van der Waals surface area contributed by atoms with Gasteiger partial charge in [-0.1, -0.05) is 35.5 Å². The van der Waals surface area contributed by atoms with E-state index in [4.69, 9.17) is 4.52 Å². The lowest BCUT2D eigenvalue weighted by Gasteiger charge is -2.29. The molecular weight excluding hydrogens is 252 g/mol. The third-order valence-corrected chi connectivity index (χ3v) is 3.93. The first-order valence-corrected chi connectivity index (χ1v) is 7.03. The Morgan fingerprint density at radius 3 is 2.75 bits per heavy atom. The highest BCUT2D eigenvalue weighted by atomic mass is 16.5. The first-order chi connectivity index (χ1) is 9.66. The maximum absolute atomic E-state index is 10.7. The highest BCUT2D eigenvalue weighted by molar-refractivity contribution is 5.64. The van der Waals surface area contributed by atoms with Crippen LogP contribution >= 0.6 is 0 Å². The molecule has 1 aromatic heterocycles. The molecule has 1 aromatic carbocycles. The van der Waals surface area contributed by atoms with Gasteiger partial charge in [-0.3, -0.25) is 0 Å². The first-order valence-electron chi connectivity index (χ1n) is 7.03. The van der Waals surface area contributed by atoms with Crippen molar-refractivity contribution in [3.63, 3.8) is 0 Å². The van der Waals surface area contributed by atoms with Gasteiger partial charge in [-0.15, -0.1) is 0 Å². The van der Waals surface area contributed by atoms with Crippen LogP contribution in [0.2, 0.25) is 0 Å². The van der Waals surface area contributed by atoms with Crippen LogP contribution in [-0.2, 0) is 6.42 Å². The molecule has 0 saturated heterocycles. The predicted octanol–water partition coefficient (Wildman–Crippen LogP) is 2.50. The van der Waals surface area contributed by atoms with Crippen LogP contribution in [0.1, 0.15) is 23.8 Å². The summed E-state index contributed by atoms with van der Waals surface area (Å²) in [6, 6.07) is 9.92. The molecule has 1 aliphatic rings. The Bertz CT molecular complexity index is 577. The van der Waals surface area contributed by atoms with Gasteiger partial charge in [0.15, 0.2) is 0 Å². The molecule has 2 atom stereocenters. The van der Waals surface area contributed by atoms with Crippen LogP contribution in [0.5, 0.6) is 0 Å². The molecule has 0 amide bonds. The van der Waals surface area contributed by atoms with E-state index in [0.717, 1.165) is 42.0 Å². The van der Waals surface area contributed by atoms with Gasteiger partial charge in [-0.25, -0.2) is 0 Å². The quantitative estimate of drug-likeness (QED) is 0.932. The fraction of sp³-hybridized carbons (Fsp3) is 0.438. The summed E-state index contributed by atoms with van der Waals surface area (Å²) >= 11 is 0. The lowest BCUT2D eigenvalue weighted by Crippen LogP contribution is -2.30. The Hall–Kier alpha value is -1.65. The number of rotatable bonds is 3. The van der Waals surface area contributed by atoms with Gasteiger partial charge in [-0.05, 0) is 20.5 Å². The zero-order valence-corrected chi connectivity index (χ0v) is 11.9. The normalized spacial score (nSPS) is 22.0. The number of benzene rings is 1. The van der Waals surface area contributed by atoms with Crippen molar-refractivity contribution in [3.8, 4) is 11.3 Å². The first kappa shape index (κ1) is 13.3. The van der Waals surface area contributed by atoms with Gasteiger partial charge in [0.25, 0.3) is 0 Å². The highest BCUT2D eigenvalue weighted by Crippen LogP contribution is 2.40. The second kappa shape index (κ2) is 5.38. The zero-order chi connectivity index (χ0) is 14.1. The molecule has 0 unspecified atom stereocenters. The molecule has 0 saturated carbocycles. The van der Waals surface area contributed by atoms with Crippen molar-refractivity contribution >= 4 is 0 Å². The van der Waals surface area contributed by atoms with Crippen molar-refractivity contribution in [2.24, 2.45) is 5.92 Å². The number of fused-ring (bicyclic) bond motifs is 1. The van der Waals surface area contributed by atoms with Crippen LogP contribution in [0.25, 0.3) is 11.3 Å². The Balaban J connectivity index is 1.97. The summed E-state index contributed by atoms with van der Waals surface area (Å²) in [5, 5.41) is 14.9. The van der Waals surface area contributed by atoms with E-state index >= 15 is 0 Å². The van der Waals surface area contributed by atoms with Gasteiger partial charge in [0.1, 0.15) is 11.5 Å². The summed E-state index contributed by atoms with van der Waals surface area (Å²) in [6.45, 7) is 0.875. The van der Waals surface area contributed by atoms with Gasteiger partial charge in [-0.2, -0.15) is 0 Å². The molecule has 0 radical (unpaired) electrons. The number of nitrogens with zero attached hydrogens (tertiary/aromatic N) is 2. The van der Waals surface area contributed by atoms with Crippen molar-refractivity contribution in [3.05, 3.63) is 41.7 Å². The minimum atomic E-state index is -0.498. The Morgan fingerprint density at radius 2 is 2.05 bits per heavy atom. The summed E-state index contributed by atoms with van der Waals surface area (Å²) < 4.78 is 5.44. The molecule has 4 heteroatoms. The molecular formula is C16H20N2O2. The van der Waals surface area contributed by atoms with Gasteiger partial charge in [0.2, 0.25) is 0 Å².